The molecule has 0 radical (unpaired) electrons. The Morgan fingerprint density at radius 1 is 1.42 bits per heavy atom. The molecule has 0 spiro atoms. The fourth-order valence-corrected chi connectivity index (χ4v) is 4.01. The van der Waals surface area contributed by atoms with Gasteiger partial charge in [-0.3, -0.25) is 10.2 Å². The Morgan fingerprint density at radius 2 is 2.17 bits per heavy atom. The van der Waals surface area contributed by atoms with Gasteiger partial charge in [-0.05, 0) is 46.8 Å². The summed E-state index contributed by atoms with van der Waals surface area (Å²) >= 11 is 8.37. The highest BCUT2D eigenvalue weighted by Crippen LogP contribution is 2.33. The molecule has 1 aromatic heterocycles. The number of nitrogens with one attached hydrogen (secondary N) is 1. The highest BCUT2D eigenvalue weighted by Gasteiger charge is 2.11. The molecule has 0 aliphatic heterocycles. The number of aryl methyl sites for hydroxylation is 1. The predicted molar refractivity (Wildman–Crippen MR) is 103 cm³/mol. The highest BCUT2D eigenvalue weighted by molar-refractivity contribution is 9.11. The third kappa shape index (κ3) is 4.61. The summed E-state index contributed by atoms with van der Waals surface area (Å²) in [4.78, 5) is 12.2. The van der Waals surface area contributed by atoms with Crippen LogP contribution in [0.1, 0.15) is 18.3 Å². The summed E-state index contributed by atoms with van der Waals surface area (Å²) in [5.41, 5.74) is 3.54. The van der Waals surface area contributed by atoms with Gasteiger partial charge in [0.25, 0.3) is 5.91 Å². The quantitative estimate of drug-likeness (QED) is 0.504. The maximum atomic E-state index is 12.2. The molecule has 9 heteroatoms. The fraction of sp³-hybridized carbons (Fsp3) is 0.267. The van der Waals surface area contributed by atoms with Crippen LogP contribution in [0.5, 0.6) is 5.75 Å². The second-order valence-corrected chi connectivity index (χ2v) is 7.62. The summed E-state index contributed by atoms with van der Waals surface area (Å²) in [6.45, 7) is 3.79. The van der Waals surface area contributed by atoms with Crippen LogP contribution < -0.4 is 10.2 Å². The summed E-state index contributed by atoms with van der Waals surface area (Å²) < 4.78 is 8.62. The van der Waals surface area contributed by atoms with Crippen molar-refractivity contribution < 1.29 is 9.53 Å². The Labute approximate surface area is 161 Å². The Morgan fingerprint density at radius 3 is 2.83 bits per heavy atom. The standard InChI is InChI=1S/C15H16Br2N4O2S/c1-4-24-15-19-18-9(2)21(15)20-13(22)6-5-10-7-11(16)8-12(17)14(10)23-3/h5-8H,4H2,1-3H3,(H,20,22). The first kappa shape index (κ1) is 19.0. The van der Waals surface area contributed by atoms with Crippen molar-refractivity contribution in [2.24, 2.45) is 0 Å². The lowest BCUT2D eigenvalue weighted by Gasteiger charge is -2.09. The Kier molecular flexibility index (Phi) is 6.88. The molecule has 1 heterocycles. The summed E-state index contributed by atoms with van der Waals surface area (Å²) in [7, 11) is 1.58. The first-order chi connectivity index (χ1) is 11.5. The van der Waals surface area contributed by atoms with E-state index in [1.165, 1.54) is 17.8 Å². The van der Waals surface area contributed by atoms with Gasteiger partial charge in [-0.1, -0.05) is 34.6 Å². The molecule has 0 saturated heterocycles. The van der Waals surface area contributed by atoms with Gasteiger partial charge in [0, 0.05) is 16.1 Å². The van der Waals surface area contributed by atoms with Crippen molar-refractivity contribution in [3.8, 4) is 5.75 Å². The second kappa shape index (κ2) is 8.68. The van der Waals surface area contributed by atoms with Gasteiger partial charge < -0.3 is 4.74 Å². The zero-order chi connectivity index (χ0) is 17.7. The number of halogens is 2. The minimum Gasteiger partial charge on any atom is -0.495 e. The Bertz CT molecular complexity index is 777. The molecule has 1 N–H and O–H groups in total. The SMILES string of the molecule is CCSc1nnc(C)n1NC(=O)C=Cc1cc(Br)cc(Br)c1OC. The lowest BCUT2D eigenvalue weighted by atomic mass is 10.2. The van der Waals surface area contributed by atoms with Crippen molar-refractivity contribution in [1.29, 1.82) is 0 Å². The van der Waals surface area contributed by atoms with Gasteiger partial charge in [-0.25, -0.2) is 4.68 Å². The van der Waals surface area contributed by atoms with E-state index in [-0.39, 0.29) is 5.91 Å². The van der Waals surface area contributed by atoms with E-state index >= 15 is 0 Å². The predicted octanol–water partition coefficient (Wildman–Crippen LogP) is 4.02. The van der Waals surface area contributed by atoms with Crippen molar-refractivity contribution >= 4 is 55.6 Å². The van der Waals surface area contributed by atoms with Crippen LogP contribution in [-0.4, -0.2) is 33.6 Å². The molecule has 24 heavy (non-hydrogen) atoms. The van der Waals surface area contributed by atoms with Gasteiger partial charge in [0.05, 0.1) is 11.6 Å². The number of methoxy groups -OCH3 is 1. The Balaban J connectivity index is 2.19. The van der Waals surface area contributed by atoms with E-state index in [1.807, 2.05) is 19.1 Å². The van der Waals surface area contributed by atoms with Gasteiger partial charge in [0.2, 0.25) is 5.16 Å². The molecular formula is C15H16Br2N4O2S. The summed E-state index contributed by atoms with van der Waals surface area (Å²) in [6.07, 6.45) is 3.13. The minimum absolute atomic E-state index is 0.283. The minimum atomic E-state index is -0.283. The number of hydrogen-bond donors (Lipinski definition) is 1. The van der Waals surface area contributed by atoms with E-state index in [0.29, 0.717) is 16.7 Å². The van der Waals surface area contributed by atoms with Crippen LogP contribution in [0, 0.1) is 6.92 Å². The molecule has 0 aliphatic carbocycles. The lowest BCUT2D eigenvalue weighted by molar-refractivity contribution is -0.112. The molecule has 1 aromatic carbocycles. The maximum absolute atomic E-state index is 12.2. The summed E-state index contributed by atoms with van der Waals surface area (Å²) in [6, 6.07) is 3.75. The van der Waals surface area contributed by atoms with Crippen molar-refractivity contribution in [3.05, 3.63) is 38.5 Å². The van der Waals surface area contributed by atoms with Crippen molar-refractivity contribution in [2.75, 3.05) is 18.3 Å². The van der Waals surface area contributed by atoms with Crippen LogP contribution >= 0.6 is 43.6 Å². The average molecular weight is 476 g/mol. The molecular weight excluding hydrogens is 460 g/mol. The van der Waals surface area contributed by atoms with Crippen LogP contribution in [-0.2, 0) is 4.79 Å². The zero-order valence-corrected chi connectivity index (χ0v) is 17.3. The van der Waals surface area contributed by atoms with Crippen LogP contribution in [0.2, 0.25) is 0 Å². The number of thioether (sulfide) groups is 1. The molecule has 0 fully saturated rings. The van der Waals surface area contributed by atoms with E-state index < -0.39 is 0 Å². The number of carbonyl (C=O) groups excluding carboxylic acids is 1. The monoisotopic (exact) mass is 474 g/mol. The van der Waals surface area contributed by atoms with E-state index in [9.17, 15) is 4.79 Å². The number of ether oxygens (including phenoxy) is 1. The molecule has 2 aromatic rings. The molecule has 0 unspecified atom stereocenters. The Hall–Kier alpha value is -1.32. The van der Waals surface area contributed by atoms with Crippen molar-refractivity contribution in [2.45, 2.75) is 19.0 Å². The van der Waals surface area contributed by atoms with Crippen molar-refractivity contribution in [3.63, 3.8) is 0 Å². The van der Waals surface area contributed by atoms with Gasteiger partial charge >= 0.3 is 0 Å². The van der Waals surface area contributed by atoms with Gasteiger partial charge in [-0.15, -0.1) is 10.2 Å². The van der Waals surface area contributed by atoms with E-state index in [2.05, 4.69) is 47.5 Å². The van der Waals surface area contributed by atoms with Gasteiger partial charge in [0.15, 0.2) is 0 Å². The summed E-state index contributed by atoms with van der Waals surface area (Å²) in [5.74, 6) is 1.84. The third-order valence-corrected chi connectivity index (χ3v) is 4.80. The number of carbonyl (C=O) groups is 1. The highest BCUT2D eigenvalue weighted by atomic mass is 79.9. The smallest absolute Gasteiger partial charge is 0.262 e. The van der Waals surface area contributed by atoms with Crippen LogP contribution in [0.3, 0.4) is 0 Å². The fourth-order valence-electron chi connectivity index (χ4n) is 1.93. The summed E-state index contributed by atoms with van der Waals surface area (Å²) in [5, 5.41) is 8.66. The van der Waals surface area contributed by atoms with E-state index in [4.69, 9.17) is 4.74 Å². The molecule has 1 amide bonds. The average Bonchev–Trinajstić information content (AvgIpc) is 2.86. The number of rotatable bonds is 6. The first-order valence-corrected chi connectivity index (χ1v) is 9.60. The molecule has 2 rings (SSSR count). The number of benzene rings is 1. The van der Waals surface area contributed by atoms with Crippen LogP contribution in [0.4, 0.5) is 0 Å². The van der Waals surface area contributed by atoms with Gasteiger partial charge in [0.1, 0.15) is 11.6 Å². The maximum Gasteiger partial charge on any atom is 0.262 e. The normalized spacial score (nSPS) is 11.0. The first-order valence-electron chi connectivity index (χ1n) is 7.03. The van der Waals surface area contributed by atoms with Crippen LogP contribution in [0.25, 0.3) is 6.08 Å². The number of hydrogen-bond acceptors (Lipinski definition) is 5. The zero-order valence-electron chi connectivity index (χ0n) is 13.3. The number of nitrogens with zero attached hydrogens (tertiary/aromatic N) is 3. The lowest BCUT2D eigenvalue weighted by Crippen LogP contribution is -2.22. The van der Waals surface area contributed by atoms with Gasteiger partial charge in [-0.2, -0.15) is 0 Å². The van der Waals surface area contributed by atoms with Crippen molar-refractivity contribution in [1.82, 2.24) is 14.9 Å². The molecule has 0 bridgehead atoms. The topological polar surface area (TPSA) is 69.0 Å². The number of amides is 1. The molecule has 0 aliphatic rings. The largest absolute Gasteiger partial charge is 0.495 e. The number of aromatic nitrogens is 3. The second-order valence-electron chi connectivity index (χ2n) is 4.62. The third-order valence-electron chi connectivity index (χ3n) is 2.95. The van der Waals surface area contributed by atoms with Crippen LogP contribution in [0.15, 0.2) is 32.3 Å². The molecule has 0 atom stereocenters. The molecule has 0 saturated carbocycles. The van der Waals surface area contributed by atoms with E-state index in [1.54, 1.807) is 24.8 Å². The molecule has 6 nitrogen and oxygen atoms in total. The van der Waals surface area contributed by atoms with E-state index in [0.717, 1.165) is 20.3 Å². The molecule has 128 valence electrons.